The lowest BCUT2D eigenvalue weighted by Crippen LogP contribution is -2.29. The Hall–Kier alpha value is -3.92. The van der Waals surface area contributed by atoms with E-state index in [1.165, 1.54) is 0 Å². The minimum Gasteiger partial charge on any atom is -0.479 e. The van der Waals surface area contributed by atoms with Crippen LogP contribution in [-0.2, 0) is 0 Å². The number of hydrogen-bond acceptors (Lipinski definition) is 9. The summed E-state index contributed by atoms with van der Waals surface area (Å²) in [6.07, 6.45) is 3.68. The second-order valence-electron chi connectivity index (χ2n) is 8.04. The van der Waals surface area contributed by atoms with Crippen molar-refractivity contribution < 1.29 is 4.74 Å². The number of nitrogens with one attached hydrogen (secondary N) is 1. The molecule has 172 valence electrons. The molecule has 33 heavy (non-hydrogen) atoms. The highest BCUT2D eigenvalue weighted by molar-refractivity contribution is 5.77. The number of rotatable bonds is 8. The van der Waals surface area contributed by atoms with Crippen molar-refractivity contribution in [2.75, 3.05) is 57.3 Å². The summed E-state index contributed by atoms with van der Waals surface area (Å²) in [5.74, 6) is 2.36. The van der Waals surface area contributed by atoms with Crippen LogP contribution in [0.1, 0.15) is 5.82 Å². The minimum absolute atomic E-state index is 0.399. The highest BCUT2D eigenvalue weighted by Crippen LogP contribution is 2.33. The number of aryl methyl sites for hydroxylation is 1. The Kier molecular flexibility index (Phi) is 6.27. The van der Waals surface area contributed by atoms with E-state index in [1.54, 1.807) is 19.4 Å². The molecular weight excluding hydrogens is 418 g/mol. The second-order valence-corrected chi connectivity index (χ2v) is 8.04. The average molecular weight is 448 g/mol. The van der Waals surface area contributed by atoms with Crippen LogP contribution in [0.3, 0.4) is 0 Å². The van der Waals surface area contributed by atoms with E-state index in [2.05, 4.69) is 25.2 Å². The summed E-state index contributed by atoms with van der Waals surface area (Å²) in [6, 6.07) is 9.61. The molecule has 0 saturated heterocycles. The zero-order valence-electron chi connectivity index (χ0n) is 19.6. The standard InChI is InChI=1S/C23H29N9O/c1-15-26-20(19-8-6-7-11-32(15)19)17-9-10-25-23(27-17)28-18-14-16(24)21(29-22(18)33-5)31(4)13-12-30(2)3/h6-11,14H,12-13,24H2,1-5H3,(H,25,27,28). The van der Waals surface area contributed by atoms with Crippen molar-refractivity contribution in [2.24, 2.45) is 0 Å². The maximum Gasteiger partial charge on any atom is 0.239 e. The van der Waals surface area contributed by atoms with Crippen molar-refractivity contribution in [3.8, 4) is 17.3 Å². The fourth-order valence-corrected chi connectivity index (χ4v) is 3.56. The Morgan fingerprint density at radius 3 is 2.67 bits per heavy atom. The second kappa shape index (κ2) is 9.29. The molecule has 0 aliphatic carbocycles. The normalized spacial score (nSPS) is 11.2. The van der Waals surface area contributed by atoms with E-state index in [0.29, 0.717) is 34.7 Å². The van der Waals surface area contributed by atoms with Gasteiger partial charge in [-0.15, -0.1) is 0 Å². The van der Waals surface area contributed by atoms with E-state index in [4.69, 9.17) is 15.5 Å². The van der Waals surface area contributed by atoms with Crippen molar-refractivity contribution >= 4 is 28.7 Å². The zero-order valence-corrected chi connectivity index (χ0v) is 19.6. The number of methoxy groups -OCH3 is 1. The summed E-state index contributed by atoms with van der Waals surface area (Å²) in [5, 5.41) is 3.19. The Morgan fingerprint density at radius 2 is 1.91 bits per heavy atom. The molecule has 0 aromatic carbocycles. The van der Waals surface area contributed by atoms with E-state index in [9.17, 15) is 0 Å². The lowest BCUT2D eigenvalue weighted by Gasteiger charge is -2.23. The lowest BCUT2D eigenvalue weighted by atomic mass is 10.2. The van der Waals surface area contributed by atoms with Gasteiger partial charge < -0.3 is 30.0 Å². The Balaban J connectivity index is 1.63. The van der Waals surface area contributed by atoms with Gasteiger partial charge in [0.2, 0.25) is 11.8 Å². The fourth-order valence-electron chi connectivity index (χ4n) is 3.56. The molecule has 4 rings (SSSR count). The molecule has 0 spiro atoms. The highest BCUT2D eigenvalue weighted by Gasteiger charge is 2.16. The number of likely N-dealkylation sites (N-methyl/N-ethyl adjacent to an activating group) is 2. The molecule has 0 radical (unpaired) electrons. The average Bonchev–Trinajstić information content (AvgIpc) is 3.14. The molecule has 4 aromatic rings. The summed E-state index contributed by atoms with van der Waals surface area (Å²) in [7, 11) is 7.59. The number of anilines is 4. The number of nitrogen functional groups attached to an aromatic ring is 1. The van der Waals surface area contributed by atoms with Crippen LogP contribution in [-0.4, -0.2) is 70.6 Å². The number of ether oxygens (including phenoxy) is 1. The number of imidazole rings is 1. The molecule has 4 aromatic heterocycles. The van der Waals surface area contributed by atoms with E-state index in [1.807, 2.05) is 67.8 Å². The monoisotopic (exact) mass is 447 g/mol. The molecule has 0 unspecified atom stereocenters. The summed E-state index contributed by atoms with van der Waals surface area (Å²) >= 11 is 0. The smallest absolute Gasteiger partial charge is 0.239 e. The van der Waals surface area contributed by atoms with Gasteiger partial charge in [0.1, 0.15) is 17.2 Å². The van der Waals surface area contributed by atoms with Gasteiger partial charge in [-0.1, -0.05) is 6.07 Å². The van der Waals surface area contributed by atoms with Crippen molar-refractivity contribution in [2.45, 2.75) is 6.92 Å². The van der Waals surface area contributed by atoms with Crippen molar-refractivity contribution in [1.29, 1.82) is 0 Å². The number of fused-ring (bicyclic) bond motifs is 1. The number of aromatic nitrogens is 5. The molecule has 0 aliphatic rings. The third kappa shape index (κ3) is 4.65. The minimum atomic E-state index is 0.399. The van der Waals surface area contributed by atoms with Gasteiger partial charge in [0.05, 0.1) is 24.0 Å². The quantitative estimate of drug-likeness (QED) is 0.421. The predicted molar refractivity (Wildman–Crippen MR) is 131 cm³/mol. The van der Waals surface area contributed by atoms with E-state index in [0.717, 1.165) is 30.1 Å². The molecule has 10 nitrogen and oxygen atoms in total. The molecule has 10 heteroatoms. The van der Waals surface area contributed by atoms with Gasteiger partial charge in [0, 0.05) is 32.5 Å². The first-order valence-electron chi connectivity index (χ1n) is 10.6. The third-order valence-electron chi connectivity index (χ3n) is 5.30. The number of nitrogens with two attached hydrogens (primary N) is 1. The summed E-state index contributed by atoms with van der Waals surface area (Å²) in [4.78, 5) is 22.5. The summed E-state index contributed by atoms with van der Waals surface area (Å²) in [5.41, 5.74) is 9.93. The van der Waals surface area contributed by atoms with Gasteiger partial charge in [-0.3, -0.25) is 0 Å². The number of hydrogen-bond donors (Lipinski definition) is 2. The highest BCUT2D eigenvalue weighted by atomic mass is 16.5. The zero-order chi connectivity index (χ0) is 23.5. The molecule has 0 amide bonds. The molecule has 3 N–H and O–H groups in total. The maximum atomic E-state index is 6.32. The largest absolute Gasteiger partial charge is 0.479 e. The Labute approximate surface area is 193 Å². The molecule has 0 fully saturated rings. The van der Waals surface area contributed by atoms with E-state index < -0.39 is 0 Å². The van der Waals surface area contributed by atoms with Crippen LogP contribution in [0.5, 0.6) is 5.88 Å². The maximum absolute atomic E-state index is 6.32. The van der Waals surface area contributed by atoms with E-state index in [-0.39, 0.29) is 0 Å². The first-order chi connectivity index (χ1) is 15.9. The Bertz CT molecular complexity index is 1270. The van der Waals surface area contributed by atoms with Gasteiger partial charge in [0.25, 0.3) is 0 Å². The molecule has 0 saturated carbocycles. The summed E-state index contributed by atoms with van der Waals surface area (Å²) < 4.78 is 7.56. The first-order valence-corrected chi connectivity index (χ1v) is 10.6. The van der Waals surface area contributed by atoms with Crippen molar-refractivity contribution in [1.82, 2.24) is 29.2 Å². The van der Waals surface area contributed by atoms with Crippen LogP contribution in [0.2, 0.25) is 0 Å². The predicted octanol–water partition coefficient (Wildman–Crippen LogP) is 2.83. The van der Waals surface area contributed by atoms with Crippen LogP contribution < -0.4 is 20.7 Å². The molecule has 0 atom stereocenters. The molecule has 4 heterocycles. The topological polar surface area (TPSA) is 110 Å². The molecule has 0 bridgehead atoms. The van der Waals surface area contributed by atoms with E-state index >= 15 is 0 Å². The molecular formula is C23H29N9O. The Morgan fingerprint density at radius 1 is 1.09 bits per heavy atom. The van der Waals surface area contributed by atoms with Crippen LogP contribution in [0.4, 0.5) is 23.1 Å². The van der Waals surface area contributed by atoms with Crippen molar-refractivity contribution in [3.63, 3.8) is 0 Å². The van der Waals surface area contributed by atoms with Crippen LogP contribution in [0, 0.1) is 6.92 Å². The summed E-state index contributed by atoms with van der Waals surface area (Å²) in [6.45, 7) is 3.62. The van der Waals surface area contributed by atoms with Gasteiger partial charge in [-0.25, -0.2) is 15.0 Å². The van der Waals surface area contributed by atoms with Gasteiger partial charge in [-0.2, -0.15) is 4.98 Å². The third-order valence-corrected chi connectivity index (χ3v) is 5.30. The number of pyridine rings is 2. The van der Waals surface area contributed by atoms with Crippen LogP contribution >= 0.6 is 0 Å². The van der Waals surface area contributed by atoms with Crippen LogP contribution in [0.15, 0.2) is 42.7 Å². The first kappa shape index (κ1) is 22.3. The van der Waals surface area contributed by atoms with Crippen molar-refractivity contribution in [3.05, 3.63) is 48.5 Å². The lowest BCUT2D eigenvalue weighted by molar-refractivity contribution is 0.398. The fraction of sp³-hybridized carbons (Fsp3) is 0.304. The van der Waals surface area contributed by atoms with Crippen LogP contribution in [0.25, 0.3) is 16.9 Å². The molecule has 0 aliphatic heterocycles. The number of nitrogens with zero attached hydrogens (tertiary/aromatic N) is 7. The SMILES string of the molecule is COc1nc(N(C)CCN(C)C)c(N)cc1Nc1nccc(-c2nc(C)n3ccccc23)n1. The van der Waals surface area contributed by atoms with Gasteiger partial charge in [-0.05, 0) is 45.3 Å². The van der Waals surface area contributed by atoms with Gasteiger partial charge in [0.15, 0.2) is 5.82 Å². The van der Waals surface area contributed by atoms with Gasteiger partial charge >= 0.3 is 0 Å².